The molecule has 0 aliphatic carbocycles. The van der Waals surface area contributed by atoms with Gasteiger partial charge in [0.1, 0.15) is 5.76 Å². The number of nitrogens with zero attached hydrogens (tertiary/aromatic N) is 2. The Morgan fingerprint density at radius 3 is 2.82 bits per heavy atom. The van der Waals surface area contributed by atoms with Gasteiger partial charge in [0.2, 0.25) is 0 Å². The molecule has 0 atom stereocenters. The van der Waals surface area contributed by atoms with E-state index in [0.29, 0.717) is 18.1 Å². The SMILES string of the molecule is CCc1nc(C)c(CC#N)o1. The molecule has 0 N–H and O–H groups in total. The Morgan fingerprint density at radius 2 is 2.36 bits per heavy atom. The summed E-state index contributed by atoms with van der Waals surface area (Å²) in [7, 11) is 0. The van der Waals surface area contributed by atoms with Gasteiger partial charge in [0.05, 0.1) is 18.2 Å². The number of aromatic nitrogens is 1. The van der Waals surface area contributed by atoms with E-state index in [0.717, 1.165) is 12.1 Å². The normalized spacial score (nSPS) is 9.55. The van der Waals surface area contributed by atoms with E-state index >= 15 is 0 Å². The summed E-state index contributed by atoms with van der Waals surface area (Å²) in [5, 5.41) is 8.39. The van der Waals surface area contributed by atoms with Crippen molar-refractivity contribution in [2.24, 2.45) is 0 Å². The van der Waals surface area contributed by atoms with Crippen LogP contribution < -0.4 is 0 Å². The molecule has 3 nitrogen and oxygen atoms in total. The van der Waals surface area contributed by atoms with Gasteiger partial charge in [-0.1, -0.05) is 6.92 Å². The van der Waals surface area contributed by atoms with Crippen molar-refractivity contribution in [3.8, 4) is 6.07 Å². The maximum absolute atomic E-state index is 8.39. The lowest BCUT2D eigenvalue weighted by Gasteiger charge is -1.84. The quantitative estimate of drug-likeness (QED) is 0.643. The van der Waals surface area contributed by atoms with Crippen LogP contribution in [0.25, 0.3) is 0 Å². The molecule has 58 valence electrons. The van der Waals surface area contributed by atoms with Crippen LogP contribution >= 0.6 is 0 Å². The summed E-state index contributed by atoms with van der Waals surface area (Å²) in [5.74, 6) is 1.41. The highest BCUT2D eigenvalue weighted by Gasteiger charge is 2.06. The highest BCUT2D eigenvalue weighted by Crippen LogP contribution is 2.10. The molecular weight excluding hydrogens is 140 g/mol. The molecule has 0 bridgehead atoms. The van der Waals surface area contributed by atoms with E-state index in [-0.39, 0.29) is 0 Å². The summed E-state index contributed by atoms with van der Waals surface area (Å²) in [4.78, 5) is 4.13. The number of oxazole rings is 1. The third kappa shape index (κ3) is 1.58. The van der Waals surface area contributed by atoms with Crippen LogP contribution in [0.4, 0.5) is 0 Å². The van der Waals surface area contributed by atoms with Crippen molar-refractivity contribution in [3.63, 3.8) is 0 Å². The molecule has 3 heteroatoms. The predicted molar refractivity (Wildman–Crippen MR) is 39.9 cm³/mol. The highest BCUT2D eigenvalue weighted by atomic mass is 16.4. The first kappa shape index (κ1) is 7.80. The fourth-order valence-corrected chi connectivity index (χ4v) is 0.875. The molecule has 0 unspecified atom stereocenters. The Hall–Kier alpha value is -1.30. The topological polar surface area (TPSA) is 49.8 Å². The minimum Gasteiger partial charge on any atom is -0.444 e. The molecule has 0 spiro atoms. The maximum Gasteiger partial charge on any atom is 0.194 e. The molecule has 0 aliphatic rings. The zero-order valence-corrected chi connectivity index (χ0v) is 6.72. The van der Waals surface area contributed by atoms with Crippen molar-refractivity contribution in [1.29, 1.82) is 5.26 Å². The number of nitriles is 1. The van der Waals surface area contributed by atoms with E-state index in [1.54, 1.807) is 0 Å². The fraction of sp³-hybridized carbons (Fsp3) is 0.500. The Morgan fingerprint density at radius 1 is 1.64 bits per heavy atom. The van der Waals surface area contributed by atoms with Crippen molar-refractivity contribution in [1.82, 2.24) is 4.98 Å². The van der Waals surface area contributed by atoms with Gasteiger partial charge in [-0.25, -0.2) is 4.98 Å². The Bertz CT molecular complexity index is 283. The lowest BCUT2D eigenvalue weighted by molar-refractivity contribution is 0.469. The van der Waals surface area contributed by atoms with E-state index in [9.17, 15) is 0 Å². The van der Waals surface area contributed by atoms with E-state index in [1.165, 1.54) is 0 Å². The second-order valence-corrected chi connectivity index (χ2v) is 2.30. The molecule has 1 aromatic rings. The van der Waals surface area contributed by atoms with Gasteiger partial charge in [-0.15, -0.1) is 0 Å². The first-order valence-corrected chi connectivity index (χ1v) is 3.60. The molecule has 1 aromatic heterocycles. The van der Waals surface area contributed by atoms with Crippen molar-refractivity contribution in [2.75, 3.05) is 0 Å². The van der Waals surface area contributed by atoms with Gasteiger partial charge in [0.15, 0.2) is 5.89 Å². The molecule has 0 saturated carbocycles. The highest BCUT2D eigenvalue weighted by molar-refractivity contribution is 5.11. The first-order chi connectivity index (χ1) is 5.27. The average Bonchev–Trinajstić information content (AvgIpc) is 2.33. The molecule has 0 aliphatic heterocycles. The fourth-order valence-electron chi connectivity index (χ4n) is 0.875. The zero-order chi connectivity index (χ0) is 8.27. The minimum atomic E-state index is 0.318. The van der Waals surface area contributed by atoms with Crippen molar-refractivity contribution < 1.29 is 4.42 Å². The lowest BCUT2D eigenvalue weighted by Crippen LogP contribution is -1.80. The third-order valence-electron chi connectivity index (χ3n) is 1.48. The van der Waals surface area contributed by atoms with E-state index in [1.807, 2.05) is 19.9 Å². The monoisotopic (exact) mass is 150 g/mol. The van der Waals surface area contributed by atoms with Crippen LogP contribution in [0.1, 0.15) is 24.3 Å². The predicted octanol–water partition coefficient (Wildman–Crippen LogP) is 1.61. The summed E-state index contributed by atoms with van der Waals surface area (Å²) in [6.07, 6.45) is 1.10. The molecule has 1 rings (SSSR count). The molecule has 0 amide bonds. The standard InChI is InChI=1S/C8H10N2O/c1-3-8-10-6(2)7(11-8)4-5-9/h3-4H2,1-2H3. The van der Waals surface area contributed by atoms with Crippen molar-refractivity contribution in [3.05, 3.63) is 17.3 Å². The van der Waals surface area contributed by atoms with Crippen molar-refractivity contribution >= 4 is 0 Å². The Labute approximate surface area is 65.7 Å². The number of hydrogen-bond acceptors (Lipinski definition) is 3. The van der Waals surface area contributed by atoms with E-state index < -0.39 is 0 Å². The average molecular weight is 150 g/mol. The smallest absolute Gasteiger partial charge is 0.194 e. The van der Waals surface area contributed by atoms with E-state index in [2.05, 4.69) is 4.98 Å². The van der Waals surface area contributed by atoms with Gasteiger partial charge in [-0.3, -0.25) is 0 Å². The second kappa shape index (κ2) is 3.20. The van der Waals surface area contributed by atoms with Crippen LogP contribution in [0.2, 0.25) is 0 Å². The second-order valence-electron chi connectivity index (χ2n) is 2.30. The van der Waals surface area contributed by atoms with Crippen molar-refractivity contribution in [2.45, 2.75) is 26.7 Å². The van der Waals surface area contributed by atoms with Crippen LogP contribution in [0.5, 0.6) is 0 Å². The molecule has 1 heterocycles. The summed E-state index contributed by atoms with van der Waals surface area (Å²) in [5.41, 5.74) is 0.836. The number of aryl methyl sites for hydroxylation is 2. The lowest BCUT2D eigenvalue weighted by atomic mass is 10.3. The van der Waals surface area contributed by atoms with Crippen LogP contribution in [-0.4, -0.2) is 4.98 Å². The number of hydrogen-bond donors (Lipinski definition) is 0. The molecule has 0 fully saturated rings. The summed E-state index contributed by atoms with van der Waals surface area (Å²) in [6.45, 7) is 3.83. The molecule has 0 saturated heterocycles. The third-order valence-corrected chi connectivity index (χ3v) is 1.48. The maximum atomic E-state index is 8.39. The Kier molecular flexibility index (Phi) is 2.27. The van der Waals surface area contributed by atoms with Gasteiger partial charge >= 0.3 is 0 Å². The van der Waals surface area contributed by atoms with Crippen LogP contribution in [0, 0.1) is 18.3 Å². The summed E-state index contributed by atoms with van der Waals surface area (Å²) >= 11 is 0. The van der Waals surface area contributed by atoms with Gasteiger partial charge in [-0.2, -0.15) is 5.26 Å². The summed E-state index contributed by atoms with van der Waals surface area (Å²) in [6, 6.07) is 2.03. The summed E-state index contributed by atoms with van der Waals surface area (Å²) < 4.78 is 5.27. The van der Waals surface area contributed by atoms with Gasteiger partial charge in [-0.05, 0) is 6.92 Å². The largest absolute Gasteiger partial charge is 0.444 e. The molecule has 11 heavy (non-hydrogen) atoms. The van der Waals surface area contributed by atoms with Crippen LogP contribution in [0.15, 0.2) is 4.42 Å². The molecule has 0 radical (unpaired) electrons. The molecule has 0 aromatic carbocycles. The van der Waals surface area contributed by atoms with Gasteiger partial charge < -0.3 is 4.42 Å². The zero-order valence-electron chi connectivity index (χ0n) is 6.72. The van der Waals surface area contributed by atoms with E-state index in [4.69, 9.17) is 9.68 Å². The van der Waals surface area contributed by atoms with Crippen LogP contribution in [0.3, 0.4) is 0 Å². The van der Waals surface area contributed by atoms with Gasteiger partial charge in [0.25, 0.3) is 0 Å². The molecular formula is C8H10N2O. The number of rotatable bonds is 2. The first-order valence-electron chi connectivity index (χ1n) is 3.60. The minimum absolute atomic E-state index is 0.318. The van der Waals surface area contributed by atoms with Gasteiger partial charge in [0, 0.05) is 6.42 Å². The van der Waals surface area contributed by atoms with Crippen LogP contribution in [-0.2, 0) is 12.8 Å². The Balaban J connectivity index is 2.90.